The summed E-state index contributed by atoms with van der Waals surface area (Å²) in [4.78, 5) is 32.9. The van der Waals surface area contributed by atoms with Crippen LogP contribution in [0.25, 0.3) is 22.3 Å². The lowest BCUT2D eigenvalue weighted by Crippen LogP contribution is -2.40. The van der Waals surface area contributed by atoms with Crippen LogP contribution in [0, 0.1) is 0 Å². The quantitative estimate of drug-likeness (QED) is 0.411. The lowest BCUT2D eigenvalue weighted by atomic mass is 9.85. The van der Waals surface area contributed by atoms with E-state index < -0.39 is 43.7 Å². The number of fused-ring (bicyclic) bond motifs is 1. The van der Waals surface area contributed by atoms with Gasteiger partial charge in [-0.05, 0) is 32.1 Å². The maximum absolute atomic E-state index is 13.1. The van der Waals surface area contributed by atoms with Crippen LogP contribution in [-0.2, 0) is 4.57 Å². The summed E-state index contributed by atoms with van der Waals surface area (Å²) in [6.07, 6.45) is -1.18. The molecular weight excluding hydrogens is 461 g/mol. The van der Waals surface area contributed by atoms with Crippen molar-refractivity contribution in [3.8, 4) is 22.8 Å². The second-order valence-electron chi connectivity index (χ2n) is 7.46. The van der Waals surface area contributed by atoms with Gasteiger partial charge in [0, 0.05) is 39.8 Å². The molecule has 2 unspecified atom stereocenters. The number of likely N-dealkylation sites (N-methyl/N-ethyl adjacent to an activating group) is 1. The number of β-amino-alcohol motifs (C(OH)–C–C–N with tert-alkyl or cyclic N) is 1. The Bertz CT molecular complexity index is 1390. The number of halogens is 1. The molecule has 4 rings (SSSR count). The number of nitrogens with zero attached hydrogens (tertiary/aromatic N) is 1. The van der Waals surface area contributed by atoms with Gasteiger partial charge in [-0.25, -0.2) is 4.57 Å². The molecule has 1 aliphatic heterocycles. The summed E-state index contributed by atoms with van der Waals surface area (Å²) in [5.41, 5.74) is -0.665. The topological polar surface area (TPSA) is 141 Å². The van der Waals surface area contributed by atoms with Crippen molar-refractivity contribution in [1.29, 1.82) is 0 Å². The van der Waals surface area contributed by atoms with Crippen LogP contribution < -0.4 is 9.95 Å². The van der Waals surface area contributed by atoms with Crippen molar-refractivity contribution in [2.75, 3.05) is 20.1 Å². The second kappa shape index (κ2) is 8.51. The largest absolute Gasteiger partial charge is 0.524 e. The Labute approximate surface area is 191 Å². The van der Waals surface area contributed by atoms with Gasteiger partial charge in [-0.2, -0.15) is 0 Å². The van der Waals surface area contributed by atoms with Crippen molar-refractivity contribution in [2.45, 2.75) is 18.4 Å². The number of phenolic OH excluding ortho intramolecular Hbond substituents is 1. The van der Waals surface area contributed by atoms with E-state index in [0.29, 0.717) is 5.56 Å². The SMILES string of the molecule is [2H]C([2H])([2H])N1CCC(c2c(O)cc(OP(=O)(O)O)c3c(=O)cc(-c4ccccc4Cl)oc23)C(O)C1. The molecule has 9 nitrogen and oxygen atoms in total. The van der Waals surface area contributed by atoms with Gasteiger partial charge in [0.1, 0.15) is 28.2 Å². The smallest absolute Gasteiger partial charge is 0.507 e. The minimum Gasteiger partial charge on any atom is -0.507 e. The first kappa shape index (κ1) is 19.1. The van der Waals surface area contributed by atoms with Crippen LogP contribution in [0.4, 0.5) is 0 Å². The molecule has 0 aliphatic carbocycles. The van der Waals surface area contributed by atoms with Crippen molar-refractivity contribution >= 4 is 30.4 Å². The zero-order valence-corrected chi connectivity index (χ0v) is 18.1. The third kappa shape index (κ3) is 4.41. The van der Waals surface area contributed by atoms with E-state index in [-0.39, 0.29) is 46.8 Å². The molecule has 1 fully saturated rings. The van der Waals surface area contributed by atoms with Gasteiger partial charge < -0.3 is 24.1 Å². The molecule has 1 aliphatic rings. The third-order valence-electron chi connectivity index (χ3n) is 5.29. The Morgan fingerprint density at radius 2 is 2.06 bits per heavy atom. The number of phenols is 1. The summed E-state index contributed by atoms with van der Waals surface area (Å²) in [7, 11) is -5.13. The Morgan fingerprint density at radius 3 is 2.72 bits per heavy atom. The molecule has 170 valence electrons. The number of aliphatic hydroxyl groups excluding tert-OH is 1. The van der Waals surface area contributed by atoms with E-state index in [4.69, 9.17) is 20.1 Å². The molecule has 0 amide bonds. The zero-order chi connectivity index (χ0) is 25.7. The normalized spacial score (nSPS) is 21.7. The average molecular weight is 485 g/mol. The minimum absolute atomic E-state index is 0.0106. The van der Waals surface area contributed by atoms with E-state index in [1.165, 1.54) is 0 Å². The van der Waals surface area contributed by atoms with Crippen molar-refractivity contribution in [2.24, 2.45) is 0 Å². The standard InChI is InChI=1S/C21H21ClNO8P/c1-23-7-6-12(16(26)10-23)19-14(24)9-18(31-32(27,28)29)20-15(25)8-17(30-21(19)20)11-4-2-3-5-13(11)22/h2-5,8-9,12,16,24,26H,6-7,10H2,1H3,(H2,27,28,29)/i1D3. The maximum atomic E-state index is 13.1. The van der Waals surface area contributed by atoms with Crippen LogP contribution in [0.1, 0.15) is 22.0 Å². The van der Waals surface area contributed by atoms with Crippen molar-refractivity contribution in [1.82, 2.24) is 4.90 Å². The predicted octanol–water partition coefficient (Wildman–Crippen LogP) is 3.07. The van der Waals surface area contributed by atoms with Gasteiger partial charge in [0.15, 0.2) is 5.43 Å². The molecule has 4 N–H and O–H groups in total. The van der Waals surface area contributed by atoms with E-state index in [1.807, 2.05) is 0 Å². The number of phosphoric ester groups is 1. The molecule has 2 aromatic carbocycles. The lowest BCUT2D eigenvalue weighted by Gasteiger charge is -2.34. The Morgan fingerprint density at radius 1 is 1.31 bits per heavy atom. The number of benzene rings is 2. The number of phosphoric acid groups is 1. The third-order valence-corrected chi connectivity index (χ3v) is 6.06. The molecule has 3 aromatic rings. The molecule has 11 heteroatoms. The van der Waals surface area contributed by atoms with E-state index >= 15 is 0 Å². The van der Waals surface area contributed by atoms with Crippen LogP contribution in [0.3, 0.4) is 0 Å². The van der Waals surface area contributed by atoms with Crippen LogP contribution in [0.5, 0.6) is 11.5 Å². The second-order valence-corrected chi connectivity index (χ2v) is 9.03. The van der Waals surface area contributed by atoms with Crippen LogP contribution in [0.15, 0.2) is 45.6 Å². The van der Waals surface area contributed by atoms with Crippen molar-refractivity contribution < 1.29 is 37.6 Å². The number of aromatic hydroxyl groups is 1. The van der Waals surface area contributed by atoms with Gasteiger partial charge in [-0.3, -0.25) is 14.6 Å². The molecule has 1 aromatic heterocycles. The van der Waals surface area contributed by atoms with Gasteiger partial charge >= 0.3 is 7.82 Å². The summed E-state index contributed by atoms with van der Waals surface area (Å²) in [5.74, 6) is -2.00. The molecule has 1 saturated heterocycles. The summed E-state index contributed by atoms with van der Waals surface area (Å²) < 4.78 is 44.9. The molecule has 0 radical (unpaired) electrons. The number of aliphatic hydroxyl groups is 1. The predicted molar refractivity (Wildman–Crippen MR) is 118 cm³/mol. The van der Waals surface area contributed by atoms with E-state index in [9.17, 15) is 29.4 Å². The highest BCUT2D eigenvalue weighted by atomic mass is 35.5. The minimum atomic E-state index is -5.13. The summed E-state index contributed by atoms with van der Waals surface area (Å²) >= 11 is 6.24. The Hall–Kier alpha value is -2.39. The van der Waals surface area contributed by atoms with Crippen molar-refractivity contribution in [3.63, 3.8) is 0 Å². The van der Waals surface area contributed by atoms with E-state index in [1.54, 1.807) is 24.3 Å². The first-order chi connectivity index (χ1) is 16.3. The fourth-order valence-corrected chi connectivity index (χ4v) is 4.56. The van der Waals surface area contributed by atoms with Crippen LogP contribution in [0.2, 0.25) is 5.02 Å². The molecule has 2 atom stereocenters. The van der Waals surface area contributed by atoms with E-state index in [0.717, 1.165) is 17.0 Å². The molecule has 0 spiro atoms. The maximum Gasteiger partial charge on any atom is 0.524 e. The monoisotopic (exact) mass is 484 g/mol. The summed E-state index contributed by atoms with van der Waals surface area (Å²) in [6.45, 7) is -2.62. The van der Waals surface area contributed by atoms with Gasteiger partial charge in [0.25, 0.3) is 0 Å². The van der Waals surface area contributed by atoms with E-state index in [2.05, 4.69) is 4.52 Å². The molecule has 0 bridgehead atoms. The molecular formula is C21H21ClNO8P. The van der Waals surface area contributed by atoms with Crippen LogP contribution >= 0.6 is 19.4 Å². The first-order valence-corrected chi connectivity index (χ1v) is 11.4. The fraction of sp³-hybridized carbons (Fsp3) is 0.286. The number of rotatable bonds is 4. The molecule has 0 saturated carbocycles. The highest BCUT2D eigenvalue weighted by Crippen LogP contribution is 2.47. The zero-order valence-electron chi connectivity index (χ0n) is 19.4. The Balaban J connectivity index is 1.96. The summed E-state index contributed by atoms with van der Waals surface area (Å²) in [5, 5.41) is 21.5. The fourth-order valence-electron chi connectivity index (χ4n) is 3.93. The summed E-state index contributed by atoms with van der Waals surface area (Å²) in [6, 6.07) is 8.43. The highest BCUT2D eigenvalue weighted by molar-refractivity contribution is 7.46. The number of hydrogen-bond acceptors (Lipinski definition) is 7. The lowest BCUT2D eigenvalue weighted by molar-refractivity contribution is 0.0630. The average Bonchev–Trinajstić information content (AvgIpc) is 2.72. The number of hydrogen-bond donors (Lipinski definition) is 4. The van der Waals surface area contributed by atoms with Gasteiger partial charge in [0.05, 0.1) is 11.1 Å². The van der Waals surface area contributed by atoms with Gasteiger partial charge in [-0.1, -0.05) is 23.7 Å². The molecule has 32 heavy (non-hydrogen) atoms. The Kier molecular flexibility index (Phi) is 5.09. The number of piperidine rings is 1. The highest BCUT2D eigenvalue weighted by Gasteiger charge is 2.34. The van der Waals surface area contributed by atoms with Gasteiger partial charge in [-0.15, -0.1) is 0 Å². The number of likely N-dealkylation sites (tertiary alicyclic amines) is 1. The van der Waals surface area contributed by atoms with Gasteiger partial charge in [0.2, 0.25) is 0 Å². The first-order valence-electron chi connectivity index (χ1n) is 11.0. The molecule has 2 heterocycles. The van der Waals surface area contributed by atoms with Crippen LogP contribution in [-0.4, -0.2) is 51.1 Å². The van der Waals surface area contributed by atoms with Crippen molar-refractivity contribution in [3.05, 3.63) is 57.2 Å².